The van der Waals surface area contributed by atoms with E-state index in [-0.39, 0.29) is 12.1 Å². The predicted octanol–water partition coefficient (Wildman–Crippen LogP) is 3.98. The van der Waals surface area contributed by atoms with E-state index in [1.807, 2.05) is 26.8 Å². The van der Waals surface area contributed by atoms with Gasteiger partial charge in [0.05, 0.1) is 36.6 Å². The van der Waals surface area contributed by atoms with E-state index in [9.17, 15) is 5.11 Å². The molecule has 9 nitrogen and oxygen atoms in total. The van der Waals surface area contributed by atoms with E-state index in [0.717, 1.165) is 78.0 Å². The Hall–Kier alpha value is -3.53. The van der Waals surface area contributed by atoms with E-state index in [0.29, 0.717) is 19.8 Å². The number of aromatic nitrogens is 3. The summed E-state index contributed by atoms with van der Waals surface area (Å²) in [6.07, 6.45) is -0.330. The molecule has 2 aromatic heterocycles. The van der Waals surface area contributed by atoms with Crippen LogP contribution in [0, 0.1) is 13.8 Å². The standard InChI is InChI=1S/C30H36N6O3/c1-20(37)18-34-11-13-35(14-12-34)30-31-26-10-9-24(28-21(2)33-39-22(28)3)17-25(26)29(32-30)36-15-16-38-19-27(36)23-7-5-4-6-8-23/h4-10,17,20,27,37H,11-16,18-19H2,1-3H3/t20-,27+/m0/s1. The van der Waals surface area contributed by atoms with Crippen molar-refractivity contribution < 1.29 is 14.4 Å². The second-order valence-corrected chi connectivity index (χ2v) is 10.6. The van der Waals surface area contributed by atoms with Gasteiger partial charge < -0.3 is 24.2 Å². The molecule has 9 heteroatoms. The molecule has 204 valence electrons. The monoisotopic (exact) mass is 528 g/mol. The number of ether oxygens (including phenoxy) is 1. The van der Waals surface area contributed by atoms with Gasteiger partial charge in [-0.1, -0.05) is 41.6 Å². The molecule has 0 amide bonds. The van der Waals surface area contributed by atoms with Gasteiger partial charge in [0.25, 0.3) is 0 Å². The van der Waals surface area contributed by atoms with Crippen LogP contribution in [0.2, 0.25) is 0 Å². The Labute approximate surface area is 229 Å². The Morgan fingerprint density at radius 3 is 2.51 bits per heavy atom. The molecule has 39 heavy (non-hydrogen) atoms. The Morgan fingerprint density at radius 1 is 1.00 bits per heavy atom. The lowest BCUT2D eigenvalue weighted by atomic mass is 10.0. The zero-order valence-electron chi connectivity index (χ0n) is 22.9. The fourth-order valence-electron chi connectivity index (χ4n) is 5.82. The first-order chi connectivity index (χ1) is 19.0. The maximum Gasteiger partial charge on any atom is 0.227 e. The number of hydrogen-bond acceptors (Lipinski definition) is 9. The maximum absolute atomic E-state index is 9.82. The summed E-state index contributed by atoms with van der Waals surface area (Å²) in [4.78, 5) is 17.3. The molecular formula is C30H36N6O3. The number of fused-ring (bicyclic) bond motifs is 1. The number of nitrogens with zero attached hydrogens (tertiary/aromatic N) is 6. The summed E-state index contributed by atoms with van der Waals surface area (Å²) in [6.45, 7) is 11.8. The van der Waals surface area contributed by atoms with Crippen molar-refractivity contribution in [2.75, 3.05) is 62.3 Å². The van der Waals surface area contributed by atoms with Gasteiger partial charge in [-0.15, -0.1) is 0 Å². The van der Waals surface area contributed by atoms with E-state index >= 15 is 0 Å². The summed E-state index contributed by atoms with van der Waals surface area (Å²) in [5.41, 5.74) is 5.05. The molecule has 0 radical (unpaired) electrons. The van der Waals surface area contributed by atoms with Crippen LogP contribution < -0.4 is 9.80 Å². The first-order valence-corrected chi connectivity index (χ1v) is 13.8. The molecular weight excluding hydrogens is 492 g/mol. The second kappa shape index (κ2) is 10.9. The first kappa shape index (κ1) is 25.7. The Balaban J connectivity index is 1.44. The lowest BCUT2D eigenvalue weighted by Gasteiger charge is -2.39. The van der Waals surface area contributed by atoms with Crippen LogP contribution in [0.15, 0.2) is 53.1 Å². The van der Waals surface area contributed by atoms with Crippen molar-refractivity contribution in [1.29, 1.82) is 0 Å². The summed E-state index contributed by atoms with van der Waals surface area (Å²) in [6, 6.07) is 16.9. The topological polar surface area (TPSA) is 91.0 Å². The van der Waals surface area contributed by atoms with Crippen molar-refractivity contribution >= 4 is 22.7 Å². The van der Waals surface area contributed by atoms with Crippen LogP contribution in [0.5, 0.6) is 0 Å². The molecule has 1 N–H and O–H groups in total. The van der Waals surface area contributed by atoms with Crippen molar-refractivity contribution in [2.45, 2.75) is 32.9 Å². The number of aliphatic hydroxyl groups is 1. The Kier molecular flexibility index (Phi) is 7.20. The van der Waals surface area contributed by atoms with Crippen molar-refractivity contribution in [3.8, 4) is 11.1 Å². The molecule has 0 aliphatic carbocycles. The van der Waals surface area contributed by atoms with E-state index < -0.39 is 0 Å². The van der Waals surface area contributed by atoms with Crippen LogP contribution in [0.3, 0.4) is 0 Å². The number of piperazine rings is 1. The van der Waals surface area contributed by atoms with Crippen LogP contribution in [-0.2, 0) is 4.74 Å². The van der Waals surface area contributed by atoms with Gasteiger partial charge >= 0.3 is 0 Å². The van der Waals surface area contributed by atoms with Gasteiger partial charge in [-0.2, -0.15) is 4.98 Å². The van der Waals surface area contributed by atoms with Crippen LogP contribution in [0.1, 0.15) is 30.0 Å². The SMILES string of the molecule is Cc1noc(C)c1-c1ccc2nc(N3CCN(C[C@H](C)O)CC3)nc(N3CCOC[C@@H]3c3ccccc3)c2c1. The lowest BCUT2D eigenvalue weighted by Crippen LogP contribution is -2.49. The predicted molar refractivity (Wildman–Crippen MR) is 152 cm³/mol. The highest BCUT2D eigenvalue weighted by atomic mass is 16.5. The minimum atomic E-state index is -0.330. The number of aliphatic hydroxyl groups excluding tert-OH is 1. The summed E-state index contributed by atoms with van der Waals surface area (Å²) < 4.78 is 11.4. The first-order valence-electron chi connectivity index (χ1n) is 13.8. The number of rotatable bonds is 6. The van der Waals surface area contributed by atoms with Gasteiger partial charge in [-0.3, -0.25) is 4.90 Å². The van der Waals surface area contributed by atoms with Gasteiger partial charge in [0.2, 0.25) is 5.95 Å². The fraction of sp³-hybridized carbons (Fsp3) is 0.433. The molecule has 0 unspecified atom stereocenters. The Bertz CT molecular complexity index is 1410. The van der Waals surface area contributed by atoms with Crippen molar-refractivity contribution in [3.05, 3.63) is 65.5 Å². The summed E-state index contributed by atoms with van der Waals surface area (Å²) in [5.74, 6) is 2.47. The second-order valence-electron chi connectivity index (χ2n) is 10.6. The van der Waals surface area contributed by atoms with Crippen LogP contribution >= 0.6 is 0 Å². The summed E-state index contributed by atoms with van der Waals surface area (Å²) in [5, 5.41) is 15.0. The summed E-state index contributed by atoms with van der Waals surface area (Å²) >= 11 is 0. The highest BCUT2D eigenvalue weighted by Gasteiger charge is 2.29. The largest absolute Gasteiger partial charge is 0.392 e. The van der Waals surface area contributed by atoms with E-state index in [2.05, 4.69) is 62.3 Å². The normalized spacial score (nSPS) is 19.5. The molecule has 2 saturated heterocycles. The zero-order chi connectivity index (χ0) is 26.9. The number of morpholine rings is 1. The Morgan fingerprint density at radius 2 is 1.79 bits per heavy atom. The van der Waals surface area contributed by atoms with Crippen molar-refractivity contribution in [2.24, 2.45) is 0 Å². The highest BCUT2D eigenvalue weighted by molar-refractivity contribution is 5.94. The van der Waals surface area contributed by atoms with Crippen LogP contribution in [0.25, 0.3) is 22.0 Å². The molecule has 2 atom stereocenters. The fourth-order valence-corrected chi connectivity index (χ4v) is 5.82. The quantitative estimate of drug-likeness (QED) is 0.399. The lowest BCUT2D eigenvalue weighted by molar-refractivity contribution is 0.0938. The smallest absolute Gasteiger partial charge is 0.227 e. The highest BCUT2D eigenvalue weighted by Crippen LogP contribution is 2.37. The number of benzene rings is 2. The zero-order valence-corrected chi connectivity index (χ0v) is 22.9. The molecule has 0 bridgehead atoms. The van der Waals surface area contributed by atoms with Crippen molar-refractivity contribution in [3.63, 3.8) is 0 Å². The molecule has 0 saturated carbocycles. The number of aryl methyl sites for hydroxylation is 2. The molecule has 4 aromatic rings. The van der Waals surface area contributed by atoms with Gasteiger partial charge in [0, 0.05) is 50.2 Å². The van der Waals surface area contributed by atoms with Gasteiger partial charge in [-0.25, -0.2) is 4.98 Å². The summed E-state index contributed by atoms with van der Waals surface area (Å²) in [7, 11) is 0. The molecule has 0 spiro atoms. The molecule has 2 aliphatic rings. The number of β-amino-alcohol motifs (C(OH)–C–C–N with tert-alkyl or cyclic N) is 1. The third-order valence-electron chi connectivity index (χ3n) is 7.75. The van der Waals surface area contributed by atoms with Crippen LogP contribution in [0.4, 0.5) is 11.8 Å². The molecule has 4 heterocycles. The molecule has 6 rings (SSSR count). The van der Waals surface area contributed by atoms with E-state index in [1.165, 1.54) is 5.56 Å². The van der Waals surface area contributed by atoms with Gasteiger partial charge in [0.1, 0.15) is 11.6 Å². The van der Waals surface area contributed by atoms with Crippen molar-refractivity contribution in [1.82, 2.24) is 20.0 Å². The van der Waals surface area contributed by atoms with Crippen LogP contribution in [-0.4, -0.2) is 83.7 Å². The minimum Gasteiger partial charge on any atom is -0.392 e. The minimum absolute atomic E-state index is 0.0523. The maximum atomic E-state index is 9.82. The van der Waals surface area contributed by atoms with Gasteiger partial charge in [-0.05, 0) is 44.0 Å². The average Bonchev–Trinajstić information content (AvgIpc) is 3.30. The van der Waals surface area contributed by atoms with Gasteiger partial charge in [0.15, 0.2) is 0 Å². The third-order valence-corrected chi connectivity index (χ3v) is 7.75. The number of anilines is 2. The van der Waals surface area contributed by atoms with E-state index in [1.54, 1.807) is 0 Å². The third kappa shape index (κ3) is 5.22. The molecule has 2 aromatic carbocycles. The van der Waals surface area contributed by atoms with E-state index in [4.69, 9.17) is 19.2 Å². The number of hydrogen-bond donors (Lipinski definition) is 1. The molecule has 2 aliphatic heterocycles. The average molecular weight is 529 g/mol. The molecule has 2 fully saturated rings.